The summed E-state index contributed by atoms with van der Waals surface area (Å²) in [4.78, 5) is 12.3. The molecule has 0 aromatic heterocycles. The summed E-state index contributed by atoms with van der Waals surface area (Å²) in [6, 6.07) is 15.7. The smallest absolute Gasteiger partial charge is 0.264 e. The van der Waals surface area contributed by atoms with Crippen molar-refractivity contribution in [3.63, 3.8) is 0 Å². The van der Waals surface area contributed by atoms with Crippen molar-refractivity contribution >= 4 is 15.9 Å². The van der Waals surface area contributed by atoms with Gasteiger partial charge in [0.05, 0.1) is 5.75 Å². The fourth-order valence-corrected chi connectivity index (χ4v) is 4.44. The summed E-state index contributed by atoms with van der Waals surface area (Å²) in [7, 11) is -3.59. The van der Waals surface area contributed by atoms with E-state index in [1.54, 1.807) is 12.1 Å². The Labute approximate surface area is 182 Å². The fraction of sp³-hybridized carbons (Fsp3) is 0.480. The molecule has 2 rings (SSSR count). The van der Waals surface area contributed by atoms with E-state index in [1.807, 2.05) is 12.1 Å². The molecule has 0 saturated carbocycles. The zero-order chi connectivity index (χ0) is 22.0. The Kier molecular flexibility index (Phi) is 9.57. The van der Waals surface area contributed by atoms with Crippen molar-refractivity contribution in [3.8, 4) is 0 Å². The lowest BCUT2D eigenvalue weighted by molar-refractivity contribution is 0.0981. The summed E-state index contributed by atoms with van der Waals surface area (Å²) >= 11 is 0. The quantitative estimate of drug-likeness (QED) is 0.432. The summed E-state index contributed by atoms with van der Waals surface area (Å²) in [6.07, 6.45) is 6.76. The molecule has 0 fully saturated rings. The Morgan fingerprint density at radius 2 is 1.37 bits per heavy atom. The highest BCUT2D eigenvalue weighted by Crippen LogP contribution is 2.17. The third-order valence-electron chi connectivity index (χ3n) is 5.29. The van der Waals surface area contributed by atoms with Crippen molar-refractivity contribution in [1.82, 2.24) is 4.72 Å². The molecular formula is C25H35NO3S. The second-order valence-corrected chi connectivity index (χ2v) is 10.1. The Bertz CT molecular complexity index is 885. The van der Waals surface area contributed by atoms with Crippen molar-refractivity contribution < 1.29 is 13.2 Å². The SMILES string of the molecule is CCCCCCCCS(=O)(=O)NC(=O)c1ccc(Cc2ccc(C(C)C)cc2)cc1. The average molecular weight is 430 g/mol. The first-order valence-corrected chi connectivity index (χ1v) is 12.7. The van der Waals surface area contributed by atoms with Crippen molar-refractivity contribution in [2.45, 2.75) is 71.6 Å². The molecule has 0 spiro atoms. The number of hydrogen-bond donors (Lipinski definition) is 1. The van der Waals surface area contributed by atoms with E-state index in [9.17, 15) is 13.2 Å². The third kappa shape index (κ3) is 8.31. The molecule has 0 unspecified atom stereocenters. The van der Waals surface area contributed by atoms with Gasteiger partial charge in [-0.3, -0.25) is 4.79 Å². The van der Waals surface area contributed by atoms with E-state index in [4.69, 9.17) is 0 Å². The number of hydrogen-bond acceptors (Lipinski definition) is 3. The van der Waals surface area contributed by atoms with Crippen molar-refractivity contribution in [2.75, 3.05) is 5.75 Å². The lowest BCUT2D eigenvalue weighted by Crippen LogP contribution is -2.32. The van der Waals surface area contributed by atoms with E-state index < -0.39 is 15.9 Å². The normalized spacial score (nSPS) is 11.6. The first-order chi connectivity index (χ1) is 14.3. The van der Waals surface area contributed by atoms with Crippen LogP contribution in [0.5, 0.6) is 0 Å². The highest BCUT2D eigenvalue weighted by atomic mass is 32.2. The summed E-state index contributed by atoms with van der Waals surface area (Å²) in [5.74, 6) is -0.0574. The molecule has 0 saturated heterocycles. The van der Waals surface area contributed by atoms with Crippen LogP contribution in [0.1, 0.15) is 92.3 Å². The van der Waals surface area contributed by atoms with E-state index in [1.165, 1.54) is 17.5 Å². The lowest BCUT2D eigenvalue weighted by atomic mass is 9.98. The number of carbonyl (C=O) groups excluding carboxylic acids is 1. The number of nitrogens with one attached hydrogen (secondary N) is 1. The first kappa shape index (κ1) is 24.1. The van der Waals surface area contributed by atoms with Crippen LogP contribution in [0.15, 0.2) is 48.5 Å². The molecule has 0 aliphatic rings. The predicted octanol–water partition coefficient (Wildman–Crippen LogP) is 5.82. The van der Waals surface area contributed by atoms with Crippen LogP contribution in [0.4, 0.5) is 0 Å². The van der Waals surface area contributed by atoms with Crippen molar-refractivity contribution in [1.29, 1.82) is 0 Å². The Balaban J connectivity index is 1.85. The highest BCUT2D eigenvalue weighted by molar-refractivity contribution is 7.90. The molecule has 164 valence electrons. The van der Waals surface area contributed by atoms with Crippen LogP contribution in [-0.4, -0.2) is 20.1 Å². The number of carbonyl (C=O) groups is 1. The van der Waals surface area contributed by atoms with Crippen LogP contribution >= 0.6 is 0 Å². The molecular weight excluding hydrogens is 394 g/mol. The van der Waals surface area contributed by atoms with Crippen LogP contribution in [0, 0.1) is 0 Å². The van der Waals surface area contributed by atoms with E-state index in [0.717, 1.165) is 37.7 Å². The first-order valence-electron chi connectivity index (χ1n) is 11.0. The van der Waals surface area contributed by atoms with Crippen LogP contribution < -0.4 is 4.72 Å². The number of rotatable bonds is 12. The number of sulfonamides is 1. The van der Waals surface area contributed by atoms with E-state index in [2.05, 4.69) is 49.8 Å². The monoisotopic (exact) mass is 429 g/mol. The van der Waals surface area contributed by atoms with Crippen LogP contribution in [0.2, 0.25) is 0 Å². The molecule has 0 heterocycles. The molecule has 1 amide bonds. The topological polar surface area (TPSA) is 63.2 Å². The lowest BCUT2D eigenvalue weighted by Gasteiger charge is -2.09. The molecule has 4 nitrogen and oxygen atoms in total. The second kappa shape index (κ2) is 11.9. The summed E-state index contributed by atoms with van der Waals surface area (Å²) in [5.41, 5.74) is 3.96. The number of unbranched alkanes of at least 4 members (excludes halogenated alkanes) is 5. The van der Waals surface area contributed by atoms with Crippen molar-refractivity contribution in [2.24, 2.45) is 0 Å². The standard InChI is InChI=1S/C25H35NO3S/c1-4-5-6-7-8-9-18-30(28,29)26-25(27)24-16-12-22(13-17-24)19-21-10-14-23(15-11-21)20(2)3/h10-17,20H,4-9,18-19H2,1-3H3,(H,26,27). The van der Waals surface area contributed by atoms with Gasteiger partial charge in [0.25, 0.3) is 5.91 Å². The largest absolute Gasteiger partial charge is 0.268 e. The predicted molar refractivity (Wildman–Crippen MR) is 124 cm³/mol. The molecule has 0 bridgehead atoms. The van der Waals surface area contributed by atoms with Gasteiger partial charge in [0.2, 0.25) is 10.0 Å². The van der Waals surface area contributed by atoms with Crippen LogP contribution in [0.3, 0.4) is 0 Å². The van der Waals surface area contributed by atoms with Gasteiger partial charge in [0, 0.05) is 5.56 Å². The minimum atomic E-state index is -3.59. The molecule has 0 radical (unpaired) electrons. The Morgan fingerprint density at radius 1 is 0.833 bits per heavy atom. The molecule has 1 N–H and O–H groups in total. The molecule has 2 aromatic rings. The van der Waals surface area contributed by atoms with Gasteiger partial charge in [-0.1, -0.05) is 89.3 Å². The number of benzene rings is 2. The van der Waals surface area contributed by atoms with Crippen molar-refractivity contribution in [3.05, 3.63) is 70.8 Å². The highest BCUT2D eigenvalue weighted by Gasteiger charge is 2.15. The zero-order valence-corrected chi connectivity index (χ0v) is 19.3. The Morgan fingerprint density at radius 3 is 1.93 bits per heavy atom. The molecule has 0 atom stereocenters. The molecule has 30 heavy (non-hydrogen) atoms. The summed E-state index contributed by atoms with van der Waals surface area (Å²) in [6.45, 7) is 6.50. The summed E-state index contributed by atoms with van der Waals surface area (Å²) in [5, 5.41) is 0. The molecule has 5 heteroatoms. The third-order valence-corrected chi connectivity index (χ3v) is 6.61. The van der Waals surface area contributed by atoms with Gasteiger partial charge in [-0.25, -0.2) is 13.1 Å². The molecule has 0 aliphatic carbocycles. The van der Waals surface area contributed by atoms with Gasteiger partial charge in [-0.05, 0) is 47.6 Å². The fourth-order valence-electron chi connectivity index (χ4n) is 3.35. The van der Waals surface area contributed by atoms with E-state index in [0.29, 0.717) is 17.9 Å². The molecule has 2 aromatic carbocycles. The average Bonchev–Trinajstić information content (AvgIpc) is 2.71. The zero-order valence-electron chi connectivity index (χ0n) is 18.5. The maximum absolute atomic E-state index is 12.3. The van der Waals surface area contributed by atoms with Gasteiger partial charge in [-0.15, -0.1) is 0 Å². The van der Waals surface area contributed by atoms with E-state index >= 15 is 0 Å². The maximum atomic E-state index is 12.3. The van der Waals surface area contributed by atoms with E-state index in [-0.39, 0.29) is 5.75 Å². The maximum Gasteiger partial charge on any atom is 0.264 e. The second-order valence-electron chi connectivity index (χ2n) is 8.29. The summed E-state index contributed by atoms with van der Waals surface area (Å²) < 4.78 is 26.5. The minimum Gasteiger partial charge on any atom is -0.268 e. The van der Waals surface area contributed by atoms with Crippen LogP contribution in [0.25, 0.3) is 0 Å². The van der Waals surface area contributed by atoms with Crippen LogP contribution in [-0.2, 0) is 16.4 Å². The number of amides is 1. The van der Waals surface area contributed by atoms with Gasteiger partial charge in [-0.2, -0.15) is 0 Å². The minimum absolute atomic E-state index is 0.00464. The van der Waals surface area contributed by atoms with Gasteiger partial charge in [0.15, 0.2) is 0 Å². The van der Waals surface area contributed by atoms with Gasteiger partial charge >= 0.3 is 0 Å². The van der Waals surface area contributed by atoms with Gasteiger partial charge in [0.1, 0.15) is 0 Å². The van der Waals surface area contributed by atoms with Gasteiger partial charge < -0.3 is 0 Å². The Hall–Kier alpha value is -2.14. The molecule has 0 aliphatic heterocycles.